The van der Waals surface area contributed by atoms with Crippen molar-refractivity contribution in [3.05, 3.63) is 260 Å². The van der Waals surface area contributed by atoms with Crippen molar-refractivity contribution in [3.8, 4) is 40.1 Å². The average Bonchev–Trinajstić information content (AvgIpc) is 1.52. The largest absolute Gasteiger partial charge is 0.493 e. The molecule has 0 radical (unpaired) electrons. The SMILES string of the molecule is [C-]#[N+]/C(c1cnc2cc(Cl)c(Cl)cc2n1)=c1\c2c(-c3cccc(OCC(CCC(C)CC(C)(C)C)C(C)CC(C)(C)C)c3)n(B(c3ccccc3)c3ccccc3)/c(=C(/C#N)c3cnc4cc(Cl)c(Cl)cc4n3)c2c(-c2cccc(OCC(CCC(C)C(C)(C)C)C(C)CC(C)(C)C)c2)n1B(c1ccccc1)c1ccccc1. The minimum Gasteiger partial charge on any atom is -0.493 e. The van der Waals surface area contributed by atoms with Crippen LogP contribution in [0.3, 0.4) is 0 Å². The predicted molar refractivity (Wildman–Crippen MR) is 478 cm³/mol. The van der Waals surface area contributed by atoms with E-state index in [1.165, 1.54) is 0 Å². The lowest BCUT2D eigenvalue weighted by Gasteiger charge is -2.33. The molecule has 0 bridgehead atoms. The second-order valence-electron chi connectivity index (χ2n) is 36.3. The van der Waals surface area contributed by atoms with Gasteiger partial charge in [-0.15, -0.1) is 0 Å². The van der Waals surface area contributed by atoms with Crippen molar-refractivity contribution in [2.75, 3.05) is 13.2 Å². The highest BCUT2D eigenvalue weighted by Gasteiger charge is 2.39. The van der Waals surface area contributed by atoms with Crippen LogP contribution >= 0.6 is 46.4 Å². The fraction of sp³-hybridized carbons (Fsp3) is 0.361. The summed E-state index contributed by atoms with van der Waals surface area (Å²) < 4.78 is 19.4. The monoisotopic (exact) mass is 1580 g/mol. The molecule has 0 fully saturated rings. The van der Waals surface area contributed by atoms with Gasteiger partial charge in [0.15, 0.2) is 0 Å². The molecule has 6 atom stereocenters. The summed E-state index contributed by atoms with van der Waals surface area (Å²) in [6.07, 6.45) is 10.6. The molecule has 580 valence electrons. The quantitative estimate of drug-likeness (QED) is 0.0373. The van der Waals surface area contributed by atoms with Crippen LogP contribution in [0.5, 0.6) is 11.5 Å². The molecule has 4 heterocycles. The number of nitrogens with zero attached hydrogens (tertiary/aromatic N) is 8. The second-order valence-corrected chi connectivity index (χ2v) is 37.9. The van der Waals surface area contributed by atoms with Gasteiger partial charge < -0.3 is 18.4 Å². The maximum atomic E-state index is 12.9. The zero-order valence-corrected chi connectivity index (χ0v) is 71.5. The third-order valence-electron chi connectivity index (χ3n) is 22.6. The average molecular weight is 1580 g/mol. The normalized spacial score (nSPS) is 14.4. The van der Waals surface area contributed by atoms with E-state index in [2.05, 4.69) is 271 Å². The molecule has 12 rings (SSSR count). The van der Waals surface area contributed by atoms with Crippen molar-refractivity contribution in [2.24, 2.45) is 57.2 Å². The molecule has 113 heavy (non-hydrogen) atoms. The third-order valence-corrected chi connectivity index (χ3v) is 24.0. The lowest BCUT2D eigenvalue weighted by molar-refractivity contribution is 0.139. The zero-order chi connectivity index (χ0) is 80.8. The van der Waals surface area contributed by atoms with E-state index in [1.54, 1.807) is 36.7 Å². The first-order valence-corrected chi connectivity index (χ1v) is 41.5. The van der Waals surface area contributed by atoms with Crippen molar-refractivity contribution in [1.29, 1.82) is 5.26 Å². The Hall–Kier alpha value is -9.13. The highest BCUT2D eigenvalue weighted by atomic mass is 35.5. The van der Waals surface area contributed by atoms with E-state index in [1.807, 2.05) is 24.3 Å². The fourth-order valence-electron chi connectivity index (χ4n) is 16.9. The Bertz CT molecular complexity index is 5260. The first-order chi connectivity index (χ1) is 53.8. The number of hydrogen-bond donors (Lipinski definition) is 0. The van der Waals surface area contributed by atoms with Gasteiger partial charge in [0.25, 0.3) is 0 Å². The molecule has 0 N–H and O–H groups in total. The minimum absolute atomic E-state index is 0.0914. The maximum Gasteiger partial charge on any atom is 0.328 e. The smallest absolute Gasteiger partial charge is 0.328 e. The molecule has 0 saturated heterocycles. The predicted octanol–water partition coefficient (Wildman–Crippen LogP) is 22.8. The third kappa shape index (κ3) is 19.8. The molecule has 16 heteroatoms. The zero-order valence-electron chi connectivity index (χ0n) is 68.5. The maximum absolute atomic E-state index is 12.9. The Morgan fingerprint density at radius 3 is 1.22 bits per heavy atom. The molecule has 6 unspecified atom stereocenters. The number of ether oxygens (including phenoxy) is 2. The summed E-state index contributed by atoms with van der Waals surface area (Å²) in [5, 5.41) is 16.4. The van der Waals surface area contributed by atoms with Gasteiger partial charge in [0.1, 0.15) is 28.8 Å². The van der Waals surface area contributed by atoms with Crippen LogP contribution in [-0.4, -0.2) is 55.8 Å². The van der Waals surface area contributed by atoms with E-state index in [0.717, 1.165) is 77.9 Å². The molecule has 0 aliphatic carbocycles. The van der Waals surface area contributed by atoms with Crippen molar-refractivity contribution in [1.82, 2.24) is 28.9 Å². The molecular weight excluding hydrogens is 1470 g/mol. The topological polar surface area (TPSA) is 108 Å². The lowest BCUT2D eigenvalue weighted by atomic mass is 9.50. The number of hydrogen-bond acceptors (Lipinski definition) is 7. The highest BCUT2D eigenvalue weighted by molar-refractivity contribution is 6.85. The van der Waals surface area contributed by atoms with Crippen molar-refractivity contribution >= 4 is 126 Å². The second kappa shape index (κ2) is 35.3. The van der Waals surface area contributed by atoms with Gasteiger partial charge in [0.05, 0.1) is 79.2 Å². The van der Waals surface area contributed by atoms with Crippen LogP contribution in [0.15, 0.2) is 207 Å². The molecular formula is C97H106B2Cl4N8O2. The van der Waals surface area contributed by atoms with Gasteiger partial charge in [-0.25, -0.2) is 9.83 Å². The number of aromatic nitrogens is 6. The number of halogens is 4. The number of fused-ring (bicyclic) bond motifs is 3. The molecule has 12 aromatic rings. The van der Waals surface area contributed by atoms with Gasteiger partial charge >= 0.3 is 13.7 Å². The fourth-order valence-corrected chi connectivity index (χ4v) is 17.6. The van der Waals surface area contributed by atoms with Gasteiger partial charge in [0.2, 0.25) is 5.70 Å². The summed E-state index contributed by atoms with van der Waals surface area (Å²) in [5.41, 5.74) is 9.83. The first-order valence-electron chi connectivity index (χ1n) is 40.0. The Morgan fingerprint density at radius 2 is 0.832 bits per heavy atom. The molecule has 4 aromatic heterocycles. The first kappa shape index (κ1) is 83.3. The summed E-state index contributed by atoms with van der Waals surface area (Å²) in [4.78, 5) is 25.8. The van der Waals surface area contributed by atoms with Crippen LogP contribution in [0.4, 0.5) is 0 Å². The minimum atomic E-state index is -0.693. The van der Waals surface area contributed by atoms with Crippen LogP contribution in [0.25, 0.3) is 71.5 Å². The van der Waals surface area contributed by atoms with Crippen molar-refractivity contribution in [3.63, 3.8) is 0 Å². The molecule has 0 aliphatic heterocycles. The Labute approximate surface area is 691 Å². The van der Waals surface area contributed by atoms with Gasteiger partial charge in [-0.2, -0.15) is 5.26 Å². The van der Waals surface area contributed by atoms with Crippen LogP contribution in [0.1, 0.15) is 167 Å². The Morgan fingerprint density at radius 1 is 0.460 bits per heavy atom. The molecule has 10 nitrogen and oxygen atoms in total. The van der Waals surface area contributed by atoms with E-state index in [4.69, 9.17) is 80.7 Å². The van der Waals surface area contributed by atoms with Crippen molar-refractivity contribution < 1.29 is 9.47 Å². The number of benzene rings is 8. The number of nitriles is 1. The van der Waals surface area contributed by atoms with Gasteiger partial charge in [-0.05, 0) is 144 Å². The molecule has 0 amide bonds. The van der Waals surface area contributed by atoms with Gasteiger partial charge in [0, 0.05) is 44.8 Å². The van der Waals surface area contributed by atoms with Crippen LogP contribution < -0.4 is 42.0 Å². The van der Waals surface area contributed by atoms with E-state index in [9.17, 15) is 11.8 Å². The molecule has 0 saturated carbocycles. The summed E-state index contributed by atoms with van der Waals surface area (Å²) in [6.45, 7) is 47.2. The highest BCUT2D eigenvalue weighted by Crippen LogP contribution is 2.42. The summed E-state index contributed by atoms with van der Waals surface area (Å²) >= 11 is 27.4. The Balaban J connectivity index is 1.31. The number of rotatable bonds is 27. The Kier molecular flexibility index (Phi) is 26.0. The van der Waals surface area contributed by atoms with E-state index < -0.39 is 13.7 Å². The van der Waals surface area contributed by atoms with E-state index in [0.29, 0.717) is 118 Å². The van der Waals surface area contributed by atoms with Crippen molar-refractivity contribution in [2.45, 2.75) is 156 Å². The van der Waals surface area contributed by atoms with Gasteiger partial charge in [-0.1, -0.05) is 331 Å². The standard InChI is InChI=1S/C97H106B2Cl4N8O2/c1-62(54-94(5,6)7)44-46-68(63(2)55-95(8,9)10)60-112-75-43-31-33-67(49-75)91-88-87(92(76(57-104)85-58-106-81-50-77(100)79(102)52-83(81)108-85)110(91)98(70-34-22-18-23-35-70)71-36-24-19-25-37-71)90(66-32-30-42-74(48-66)113-61-69(64(3)56-96(11,12)13)47-45-65(4)97(14,15)16)111(99(72-38-26-20-27-39-72)73-40-28-21-29-41-73)93(88)89(105-17)86-59-107-82-51-78(101)80(103)53-84(82)109-86/h18-43,48-53,58-59,62-65,68-69H,44-47,54-56,60-61H2,1-16H3/b92-76-,93-89+. The van der Waals surface area contributed by atoms with Crippen LogP contribution in [0, 0.1) is 75.1 Å². The molecule has 0 aliphatic rings. The summed E-state index contributed by atoms with van der Waals surface area (Å²) in [6, 6.07) is 68.3. The van der Waals surface area contributed by atoms with Crippen LogP contribution in [-0.2, 0) is 0 Å². The molecule has 0 spiro atoms. The lowest BCUT2D eigenvalue weighted by Crippen LogP contribution is -2.54. The van der Waals surface area contributed by atoms with Crippen LogP contribution in [0.2, 0.25) is 20.1 Å². The summed E-state index contributed by atoms with van der Waals surface area (Å²) in [7, 11) is 0. The molecule has 8 aromatic carbocycles. The summed E-state index contributed by atoms with van der Waals surface area (Å²) in [5.74, 6) is 3.51. The van der Waals surface area contributed by atoms with E-state index >= 15 is 0 Å². The van der Waals surface area contributed by atoms with Gasteiger partial charge in [-0.3, -0.25) is 15.0 Å². The van der Waals surface area contributed by atoms with E-state index in [-0.39, 0.29) is 61.2 Å².